The predicted molar refractivity (Wildman–Crippen MR) is 67.2 cm³/mol. The fraction of sp³-hybridized carbons (Fsp3) is 0.667. The number of allylic oxidation sites excluding steroid dienone is 4. The lowest BCUT2D eigenvalue weighted by Crippen LogP contribution is -2.34. The Morgan fingerprint density at radius 3 is 2.69 bits per heavy atom. The van der Waals surface area contributed by atoms with Crippen LogP contribution in [0.5, 0.6) is 0 Å². The Bertz CT molecular complexity index is 382. The highest BCUT2D eigenvalue weighted by Gasteiger charge is 2.46. The summed E-state index contributed by atoms with van der Waals surface area (Å²) >= 11 is 0. The second-order valence-corrected chi connectivity index (χ2v) is 5.70. The fourth-order valence-corrected chi connectivity index (χ4v) is 3.89. The Balaban J connectivity index is 2.55. The normalized spacial score (nSPS) is 34.5. The average molecular weight is 218 g/mol. The minimum Gasteiger partial charge on any atom is -0.295 e. The Hall–Kier alpha value is -0.850. The van der Waals surface area contributed by atoms with Crippen molar-refractivity contribution in [2.45, 2.75) is 53.4 Å². The topological polar surface area (TPSA) is 17.1 Å². The van der Waals surface area contributed by atoms with Gasteiger partial charge in [-0.25, -0.2) is 0 Å². The van der Waals surface area contributed by atoms with Crippen LogP contribution in [0.2, 0.25) is 0 Å². The van der Waals surface area contributed by atoms with E-state index in [2.05, 4.69) is 27.7 Å². The molecule has 2 aliphatic rings. The van der Waals surface area contributed by atoms with Gasteiger partial charge >= 0.3 is 0 Å². The van der Waals surface area contributed by atoms with E-state index in [1.54, 1.807) is 5.57 Å². The first-order chi connectivity index (χ1) is 7.48. The molecule has 0 heterocycles. The molecule has 1 nitrogen and oxygen atoms in total. The summed E-state index contributed by atoms with van der Waals surface area (Å²) < 4.78 is 0. The van der Waals surface area contributed by atoms with E-state index in [-0.39, 0.29) is 5.41 Å². The van der Waals surface area contributed by atoms with Gasteiger partial charge in [0, 0.05) is 11.8 Å². The van der Waals surface area contributed by atoms with Gasteiger partial charge in [-0.2, -0.15) is 0 Å². The number of carbonyl (C=O) groups excluding carboxylic acids is 1. The summed E-state index contributed by atoms with van der Waals surface area (Å²) in [5, 5.41) is 0. The number of ketones is 1. The zero-order valence-electron chi connectivity index (χ0n) is 10.9. The summed E-state index contributed by atoms with van der Waals surface area (Å²) in [6, 6.07) is 0. The van der Waals surface area contributed by atoms with Crippen molar-refractivity contribution in [2.24, 2.45) is 11.3 Å². The first-order valence-electron chi connectivity index (χ1n) is 6.37. The molecule has 1 heteroatoms. The summed E-state index contributed by atoms with van der Waals surface area (Å²) in [6.07, 6.45) is 6.38. The summed E-state index contributed by atoms with van der Waals surface area (Å²) in [6.45, 7) is 8.85. The third kappa shape index (κ3) is 1.49. The van der Waals surface area contributed by atoms with Crippen molar-refractivity contribution in [3.8, 4) is 0 Å². The lowest BCUT2D eigenvalue weighted by atomic mass is 9.62. The van der Waals surface area contributed by atoms with Gasteiger partial charge in [0.1, 0.15) is 0 Å². The summed E-state index contributed by atoms with van der Waals surface area (Å²) in [4.78, 5) is 11.6. The molecule has 0 unspecified atom stereocenters. The van der Waals surface area contributed by atoms with Crippen LogP contribution in [-0.2, 0) is 4.79 Å². The van der Waals surface area contributed by atoms with Crippen molar-refractivity contribution >= 4 is 5.78 Å². The van der Waals surface area contributed by atoms with Crippen molar-refractivity contribution < 1.29 is 4.79 Å². The first-order valence-corrected chi connectivity index (χ1v) is 6.37. The van der Waals surface area contributed by atoms with Crippen LogP contribution in [-0.4, -0.2) is 5.78 Å². The molecule has 0 saturated heterocycles. The minimum absolute atomic E-state index is 0.229. The van der Waals surface area contributed by atoms with Crippen LogP contribution in [0.3, 0.4) is 0 Å². The second kappa shape index (κ2) is 3.87. The van der Waals surface area contributed by atoms with Crippen LogP contribution in [0.1, 0.15) is 53.4 Å². The third-order valence-electron chi connectivity index (χ3n) is 4.57. The molecule has 2 aliphatic carbocycles. The highest BCUT2D eigenvalue weighted by Crippen LogP contribution is 2.56. The molecule has 0 aromatic rings. The fourth-order valence-electron chi connectivity index (χ4n) is 3.89. The maximum absolute atomic E-state index is 11.6. The van der Waals surface area contributed by atoms with E-state index in [1.165, 1.54) is 30.4 Å². The molecule has 0 amide bonds. The van der Waals surface area contributed by atoms with Gasteiger partial charge in [0.25, 0.3) is 0 Å². The lowest BCUT2D eigenvalue weighted by molar-refractivity contribution is -0.116. The molecule has 1 saturated carbocycles. The van der Waals surface area contributed by atoms with E-state index in [0.717, 1.165) is 6.42 Å². The van der Waals surface area contributed by atoms with Crippen molar-refractivity contribution in [3.63, 3.8) is 0 Å². The molecule has 16 heavy (non-hydrogen) atoms. The quantitative estimate of drug-likeness (QED) is 0.561. The highest BCUT2D eigenvalue weighted by molar-refractivity contribution is 5.92. The Labute approximate surface area is 98.6 Å². The maximum atomic E-state index is 11.6. The van der Waals surface area contributed by atoms with Crippen molar-refractivity contribution in [1.29, 1.82) is 0 Å². The van der Waals surface area contributed by atoms with Crippen LogP contribution in [0.15, 0.2) is 22.8 Å². The number of rotatable bonds is 0. The van der Waals surface area contributed by atoms with E-state index in [0.29, 0.717) is 11.7 Å². The van der Waals surface area contributed by atoms with Crippen molar-refractivity contribution in [3.05, 3.63) is 22.8 Å². The molecule has 2 atom stereocenters. The van der Waals surface area contributed by atoms with E-state index in [1.807, 2.05) is 6.08 Å². The zero-order chi connectivity index (χ0) is 11.9. The van der Waals surface area contributed by atoms with Crippen molar-refractivity contribution in [2.75, 3.05) is 0 Å². The Kier molecular flexibility index (Phi) is 2.81. The maximum Gasteiger partial charge on any atom is 0.155 e. The van der Waals surface area contributed by atoms with Gasteiger partial charge in [0.05, 0.1) is 0 Å². The molecule has 0 N–H and O–H groups in total. The molecular weight excluding hydrogens is 196 g/mol. The highest BCUT2D eigenvalue weighted by atomic mass is 16.1. The molecular formula is C15H22O. The first kappa shape index (κ1) is 11.6. The van der Waals surface area contributed by atoms with Crippen LogP contribution < -0.4 is 0 Å². The lowest BCUT2D eigenvalue weighted by Gasteiger charge is -2.41. The summed E-state index contributed by atoms with van der Waals surface area (Å²) in [7, 11) is 0. The second-order valence-electron chi connectivity index (χ2n) is 5.70. The SMILES string of the molecule is CC1=CC(=O)C[C@@H](C)[C@]12CCCC2=C(C)C. The molecule has 1 fully saturated rings. The number of carbonyl (C=O) groups is 1. The smallest absolute Gasteiger partial charge is 0.155 e. The summed E-state index contributed by atoms with van der Waals surface area (Å²) in [5.41, 5.74) is 4.62. The van der Waals surface area contributed by atoms with E-state index in [4.69, 9.17) is 0 Å². The molecule has 0 bridgehead atoms. The van der Waals surface area contributed by atoms with Crippen LogP contribution >= 0.6 is 0 Å². The third-order valence-corrected chi connectivity index (χ3v) is 4.57. The van der Waals surface area contributed by atoms with Gasteiger partial charge in [0.2, 0.25) is 0 Å². The monoisotopic (exact) mass is 218 g/mol. The van der Waals surface area contributed by atoms with Gasteiger partial charge in [-0.3, -0.25) is 4.79 Å². The van der Waals surface area contributed by atoms with Gasteiger partial charge in [-0.15, -0.1) is 0 Å². The summed E-state index contributed by atoms with van der Waals surface area (Å²) in [5.74, 6) is 0.799. The molecule has 0 radical (unpaired) electrons. The van der Waals surface area contributed by atoms with Gasteiger partial charge in [0.15, 0.2) is 5.78 Å². The van der Waals surface area contributed by atoms with E-state index in [9.17, 15) is 4.79 Å². The van der Waals surface area contributed by atoms with Gasteiger partial charge in [-0.05, 0) is 52.0 Å². The molecule has 2 rings (SSSR count). The van der Waals surface area contributed by atoms with Gasteiger partial charge in [-0.1, -0.05) is 23.6 Å². The van der Waals surface area contributed by atoms with E-state index < -0.39 is 0 Å². The standard InChI is InChI=1S/C15H22O/c1-10(2)14-6-5-7-15(14)11(3)8-13(16)9-12(15)4/h8,12H,5-7,9H2,1-4H3/t12-,15+/m1/s1. The molecule has 88 valence electrons. The molecule has 0 aromatic carbocycles. The number of hydrogen-bond acceptors (Lipinski definition) is 1. The largest absolute Gasteiger partial charge is 0.295 e. The minimum atomic E-state index is 0.229. The van der Waals surface area contributed by atoms with E-state index >= 15 is 0 Å². The van der Waals surface area contributed by atoms with Crippen LogP contribution in [0.4, 0.5) is 0 Å². The molecule has 1 spiro atoms. The van der Waals surface area contributed by atoms with Crippen molar-refractivity contribution in [1.82, 2.24) is 0 Å². The Morgan fingerprint density at radius 2 is 2.12 bits per heavy atom. The van der Waals surface area contributed by atoms with Crippen LogP contribution in [0.25, 0.3) is 0 Å². The van der Waals surface area contributed by atoms with Gasteiger partial charge < -0.3 is 0 Å². The number of hydrogen-bond donors (Lipinski definition) is 0. The molecule has 0 aromatic heterocycles. The zero-order valence-corrected chi connectivity index (χ0v) is 10.9. The molecule has 0 aliphatic heterocycles. The van der Waals surface area contributed by atoms with Crippen LogP contribution in [0, 0.1) is 11.3 Å². The Morgan fingerprint density at radius 1 is 1.44 bits per heavy atom. The predicted octanol–water partition coefficient (Wildman–Crippen LogP) is 4.05. The average Bonchev–Trinajstić information content (AvgIpc) is 2.59.